The van der Waals surface area contributed by atoms with Crippen molar-refractivity contribution in [3.8, 4) is 5.75 Å². The molecular formula is C18H24BrNO6. The summed E-state index contributed by atoms with van der Waals surface area (Å²) in [7, 11) is 1.29. The van der Waals surface area contributed by atoms with Crippen molar-refractivity contribution in [1.82, 2.24) is 5.32 Å². The van der Waals surface area contributed by atoms with Gasteiger partial charge in [0.15, 0.2) is 12.4 Å². The van der Waals surface area contributed by atoms with E-state index in [0.717, 1.165) is 5.56 Å². The SMILES string of the molecule is COC(=O)COc1ccc(CC(NC(=O)OC(C)(C)C)C(=O)CBr)cc1. The molecule has 0 aromatic heterocycles. The maximum absolute atomic E-state index is 12.1. The molecule has 1 aromatic carbocycles. The summed E-state index contributed by atoms with van der Waals surface area (Å²) >= 11 is 3.13. The maximum atomic E-state index is 12.1. The van der Waals surface area contributed by atoms with E-state index in [2.05, 4.69) is 26.0 Å². The molecule has 8 heteroatoms. The standard InChI is InChI=1S/C18H24BrNO6/c1-18(2,3)26-17(23)20-14(15(21)10-19)9-12-5-7-13(8-6-12)25-11-16(22)24-4/h5-8,14H,9-11H2,1-4H3,(H,20,23). The number of esters is 1. The molecule has 1 amide bonds. The summed E-state index contributed by atoms with van der Waals surface area (Å²) in [5.41, 5.74) is 0.177. The highest BCUT2D eigenvalue weighted by atomic mass is 79.9. The number of amides is 1. The van der Waals surface area contributed by atoms with Gasteiger partial charge in [0.1, 0.15) is 11.4 Å². The summed E-state index contributed by atoms with van der Waals surface area (Å²) < 4.78 is 15.0. The quantitative estimate of drug-likeness (QED) is 0.504. The van der Waals surface area contributed by atoms with Crippen molar-refractivity contribution in [1.29, 1.82) is 0 Å². The van der Waals surface area contributed by atoms with Gasteiger partial charge in [-0.3, -0.25) is 4.79 Å². The lowest BCUT2D eigenvalue weighted by molar-refractivity contribution is -0.142. The second-order valence-electron chi connectivity index (χ2n) is 6.51. The van der Waals surface area contributed by atoms with E-state index in [1.807, 2.05) is 0 Å². The van der Waals surface area contributed by atoms with E-state index in [1.54, 1.807) is 45.0 Å². The van der Waals surface area contributed by atoms with E-state index < -0.39 is 23.7 Å². The Morgan fingerprint density at radius 1 is 1.15 bits per heavy atom. The minimum atomic E-state index is -0.717. The smallest absolute Gasteiger partial charge is 0.408 e. The molecule has 0 aliphatic heterocycles. The van der Waals surface area contributed by atoms with Crippen LogP contribution >= 0.6 is 15.9 Å². The van der Waals surface area contributed by atoms with Gasteiger partial charge in [0.05, 0.1) is 18.5 Å². The number of ether oxygens (including phenoxy) is 3. The molecule has 0 heterocycles. The number of benzene rings is 1. The molecule has 0 aliphatic carbocycles. The number of alkyl carbamates (subject to hydrolysis) is 1. The van der Waals surface area contributed by atoms with Crippen molar-refractivity contribution in [3.63, 3.8) is 0 Å². The van der Waals surface area contributed by atoms with Crippen LogP contribution in [-0.2, 0) is 25.5 Å². The highest BCUT2D eigenvalue weighted by Gasteiger charge is 2.24. The molecule has 0 aliphatic rings. The zero-order valence-corrected chi connectivity index (χ0v) is 16.9. The third kappa shape index (κ3) is 8.33. The summed E-state index contributed by atoms with van der Waals surface area (Å²) in [6.07, 6.45) is -0.337. The number of ketones is 1. The average Bonchev–Trinajstić information content (AvgIpc) is 2.57. The fourth-order valence-electron chi connectivity index (χ4n) is 1.95. The summed E-state index contributed by atoms with van der Waals surface area (Å²) in [5, 5.41) is 2.72. The first-order valence-corrected chi connectivity index (χ1v) is 9.13. The summed E-state index contributed by atoms with van der Waals surface area (Å²) in [5.74, 6) is -0.136. The van der Waals surface area contributed by atoms with E-state index in [9.17, 15) is 14.4 Å². The Morgan fingerprint density at radius 2 is 1.77 bits per heavy atom. The maximum Gasteiger partial charge on any atom is 0.408 e. The number of hydrogen-bond donors (Lipinski definition) is 1. The fourth-order valence-corrected chi connectivity index (χ4v) is 2.34. The van der Waals surface area contributed by atoms with Crippen LogP contribution in [0.15, 0.2) is 24.3 Å². The zero-order valence-electron chi connectivity index (χ0n) is 15.3. The van der Waals surface area contributed by atoms with Crippen LogP contribution in [0.3, 0.4) is 0 Å². The van der Waals surface area contributed by atoms with Crippen molar-refractivity contribution in [3.05, 3.63) is 29.8 Å². The Kier molecular flexibility index (Phi) is 8.57. The van der Waals surface area contributed by atoms with Crippen molar-refractivity contribution < 1.29 is 28.6 Å². The van der Waals surface area contributed by atoms with Crippen LogP contribution in [0.1, 0.15) is 26.3 Å². The van der Waals surface area contributed by atoms with Crippen LogP contribution in [0.25, 0.3) is 0 Å². The molecule has 1 aromatic rings. The zero-order chi connectivity index (χ0) is 19.7. The van der Waals surface area contributed by atoms with E-state index in [1.165, 1.54) is 7.11 Å². The molecular weight excluding hydrogens is 406 g/mol. The number of alkyl halides is 1. The number of carbonyl (C=O) groups is 3. The molecule has 1 N–H and O–H groups in total. The number of methoxy groups -OCH3 is 1. The minimum Gasteiger partial charge on any atom is -0.482 e. The van der Waals surface area contributed by atoms with Gasteiger partial charge in [0.25, 0.3) is 0 Å². The molecule has 26 heavy (non-hydrogen) atoms. The number of nitrogens with one attached hydrogen (secondary N) is 1. The van der Waals surface area contributed by atoms with E-state index >= 15 is 0 Å². The van der Waals surface area contributed by atoms with Crippen LogP contribution < -0.4 is 10.1 Å². The van der Waals surface area contributed by atoms with Gasteiger partial charge in [0, 0.05) is 0 Å². The second kappa shape index (κ2) is 10.2. The van der Waals surface area contributed by atoms with Gasteiger partial charge in [-0.15, -0.1) is 0 Å². The Bertz CT molecular complexity index is 624. The lowest BCUT2D eigenvalue weighted by Crippen LogP contribution is -2.45. The van der Waals surface area contributed by atoms with Crippen LogP contribution in [0.4, 0.5) is 4.79 Å². The third-order valence-electron chi connectivity index (χ3n) is 3.16. The Morgan fingerprint density at radius 3 is 2.27 bits per heavy atom. The van der Waals surface area contributed by atoms with Crippen LogP contribution in [0.5, 0.6) is 5.75 Å². The number of halogens is 1. The second-order valence-corrected chi connectivity index (χ2v) is 7.07. The molecule has 0 saturated carbocycles. The Balaban J connectivity index is 2.71. The van der Waals surface area contributed by atoms with Crippen molar-refractivity contribution in [2.24, 2.45) is 0 Å². The van der Waals surface area contributed by atoms with Crippen molar-refractivity contribution in [2.45, 2.75) is 38.8 Å². The Labute approximate surface area is 161 Å². The first-order valence-electron chi connectivity index (χ1n) is 8.01. The molecule has 0 bridgehead atoms. The van der Waals surface area contributed by atoms with Crippen molar-refractivity contribution in [2.75, 3.05) is 19.0 Å². The minimum absolute atomic E-state index is 0.119. The van der Waals surface area contributed by atoms with Gasteiger partial charge < -0.3 is 19.5 Å². The lowest BCUT2D eigenvalue weighted by atomic mass is 10.0. The van der Waals surface area contributed by atoms with Gasteiger partial charge in [-0.2, -0.15) is 0 Å². The molecule has 0 radical (unpaired) electrons. The number of Topliss-reactive ketones (excluding diaryl/α,β-unsaturated/α-hetero) is 1. The van der Waals surface area contributed by atoms with Gasteiger partial charge in [-0.1, -0.05) is 28.1 Å². The first kappa shape index (κ1) is 22.0. The van der Waals surface area contributed by atoms with E-state index in [0.29, 0.717) is 12.2 Å². The summed E-state index contributed by atoms with van der Waals surface area (Å²) in [6.45, 7) is 5.07. The van der Waals surface area contributed by atoms with Crippen LogP contribution in [0.2, 0.25) is 0 Å². The van der Waals surface area contributed by atoms with Gasteiger partial charge >= 0.3 is 12.1 Å². The lowest BCUT2D eigenvalue weighted by Gasteiger charge is -2.23. The summed E-state index contributed by atoms with van der Waals surface area (Å²) in [4.78, 5) is 35.1. The first-order chi connectivity index (χ1) is 12.1. The molecule has 7 nitrogen and oxygen atoms in total. The number of hydrogen-bond acceptors (Lipinski definition) is 6. The van der Waals surface area contributed by atoms with Gasteiger partial charge in [-0.25, -0.2) is 9.59 Å². The predicted molar refractivity (Wildman–Crippen MR) is 99.6 cm³/mol. The topological polar surface area (TPSA) is 90.9 Å². The van der Waals surface area contributed by atoms with Crippen molar-refractivity contribution >= 4 is 33.8 Å². The molecule has 1 rings (SSSR count). The molecule has 0 spiro atoms. The summed E-state index contributed by atoms with van der Waals surface area (Å²) in [6, 6.07) is 6.17. The number of carbonyl (C=O) groups excluding carboxylic acids is 3. The highest BCUT2D eigenvalue weighted by Crippen LogP contribution is 2.15. The predicted octanol–water partition coefficient (Wildman–Crippen LogP) is 2.64. The molecule has 1 atom stereocenters. The molecule has 144 valence electrons. The normalized spacial score (nSPS) is 12.0. The van der Waals surface area contributed by atoms with Gasteiger partial charge in [-0.05, 0) is 44.9 Å². The Hall–Kier alpha value is -2.09. The van der Waals surface area contributed by atoms with E-state index in [-0.39, 0.29) is 17.7 Å². The average molecular weight is 430 g/mol. The molecule has 1 unspecified atom stereocenters. The molecule has 0 saturated heterocycles. The number of rotatable bonds is 8. The van der Waals surface area contributed by atoms with Crippen LogP contribution in [-0.4, -0.2) is 48.5 Å². The fraction of sp³-hybridized carbons (Fsp3) is 0.500. The highest BCUT2D eigenvalue weighted by molar-refractivity contribution is 9.09. The molecule has 0 fully saturated rings. The largest absolute Gasteiger partial charge is 0.482 e. The third-order valence-corrected chi connectivity index (χ3v) is 3.71. The monoisotopic (exact) mass is 429 g/mol. The van der Waals surface area contributed by atoms with Gasteiger partial charge in [0.2, 0.25) is 0 Å². The van der Waals surface area contributed by atoms with E-state index in [4.69, 9.17) is 9.47 Å². The van der Waals surface area contributed by atoms with Crippen LogP contribution in [0, 0.1) is 0 Å².